The second-order valence-electron chi connectivity index (χ2n) is 8.76. The lowest BCUT2D eigenvalue weighted by molar-refractivity contribution is 0.0342. The third kappa shape index (κ3) is 5.66. The van der Waals surface area contributed by atoms with Crippen molar-refractivity contribution >= 4 is 5.91 Å². The minimum Gasteiger partial charge on any atom is -0.508 e. The third-order valence-electron chi connectivity index (χ3n) is 6.01. The van der Waals surface area contributed by atoms with E-state index in [1.807, 2.05) is 45.0 Å². The van der Waals surface area contributed by atoms with E-state index in [2.05, 4.69) is 15.4 Å². The Morgan fingerprint density at radius 3 is 2.43 bits per heavy atom. The Morgan fingerprint density at radius 1 is 1.11 bits per heavy atom. The Balaban J connectivity index is 0.00000342. The summed E-state index contributed by atoms with van der Waals surface area (Å²) in [5.41, 5.74) is 3.59. The van der Waals surface area contributed by atoms with Crippen LogP contribution in [0.15, 0.2) is 40.9 Å². The van der Waals surface area contributed by atoms with Gasteiger partial charge in [0.15, 0.2) is 11.5 Å². The van der Waals surface area contributed by atoms with E-state index in [9.17, 15) is 15.0 Å². The van der Waals surface area contributed by atoms with E-state index in [1.54, 1.807) is 6.07 Å². The number of nitrogens with zero attached hydrogens (tertiary/aromatic N) is 2. The van der Waals surface area contributed by atoms with Crippen LogP contribution in [-0.2, 0) is 11.3 Å². The molecule has 0 spiro atoms. The van der Waals surface area contributed by atoms with Gasteiger partial charge < -0.3 is 24.8 Å². The smallest absolute Gasteiger partial charge is 0.274 e. The number of benzene rings is 2. The predicted octanol–water partition coefficient (Wildman–Crippen LogP) is 4.76. The summed E-state index contributed by atoms with van der Waals surface area (Å²) >= 11 is 0. The molecule has 0 bridgehead atoms. The van der Waals surface area contributed by atoms with E-state index in [1.165, 1.54) is 6.07 Å². The van der Waals surface area contributed by atoms with Gasteiger partial charge in [-0.2, -0.15) is 0 Å². The topological polar surface area (TPSA) is 108 Å². The van der Waals surface area contributed by atoms with Crippen molar-refractivity contribution in [2.24, 2.45) is 0 Å². The SMILES string of the molecule is C.CCNC(=O)c1noc(-c2cc(C(C)C)c(O)cc2O)c1-c1ccc(CN2CCOCC2)cc1. The molecule has 0 saturated carbocycles. The fraction of sp³-hybridized carbons (Fsp3) is 0.407. The zero-order valence-corrected chi connectivity index (χ0v) is 19.8. The van der Waals surface area contributed by atoms with Crippen molar-refractivity contribution in [2.75, 3.05) is 32.8 Å². The molecular weight excluding hydrogens is 446 g/mol. The first-order valence-electron chi connectivity index (χ1n) is 11.6. The summed E-state index contributed by atoms with van der Waals surface area (Å²) in [7, 11) is 0. The molecule has 188 valence electrons. The van der Waals surface area contributed by atoms with Crippen LogP contribution in [-0.4, -0.2) is 59.0 Å². The lowest BCUT2D eigenvalue weighted by Gasteiger charge is -2.26. The molecular formula is C27H35N3O5. The monoisotopic (exact) mass is 481 g/mol. The van der Waals surface area contributed by atoms with Gasteiger partial charge >= 0.3 is 0 Å². The fourth-order valence-electron chi connectivity index (χ4n) is 4.17. The van der Waals surface area contributed by atoms with Gasteiger partial charge in [0.25, 0.3) is 5.91 Å². The van der Waals surface area contributed by atoms with Crippen LogP contribution in [0.25, 0.3) is 22.5 Å². The first-order valence-corrected chi connectivity index (χ1v) is 11.6. The average molecular weight is 482 g/mol. The molecule has 0 radical (unpaired) electrons. The van der Waals surface area contributed by atoms with E-state index in [4.69, 9.17) is 9.26 Å². The van der Waals surface area contributed by atoms with Crippen LogP contribution in [0.4, 0.5) is 0 Å². The molecule has 1 amide bonds. The van der Waals surface area contributed by atoms with Crippen LogP contribution in [0.5, 0.6) is 11.5 Å². The summed E-state index contributed by atoms with van der Waals surface area (Å²) in [6.07, 6.45) is 0. The molecule has 1 fully saturated rings. The van der Waals surface area contributed by atoms with Gasteiger partial charge in [-0.3, -0.25) is 9.69 Å². The lowest BCUT2D eigenvalue weighted by atomic mass is 9.94. The van der Waals surface area contributed by atoms with Gasteiger partial charge in [-0.15, -0.1) is 0 Å². The highest BCUT2D eigenvalue weighted by Gasteiger charge is 2.27. The molecule has 1 aromatic heterocycles. The molecule has 0 aliphatic carbocycles. The number of ether oxygens (including phenoxy) is 1. The standard InChI is InChI=1S/C26H31N3O5.CH4/c1-4-27-26(32)24-23(18-7-5-17(6-8-18)15-29-9-11-33-12-10-29)25(34-28-24)20-13-19(16(2)3)21(30)14-22(20)31;/h5-8,13-14,16,30-31H,4,9-12,15H2,1-3H3,(H,27,32);1H4. The molecule has 1 saturated heterocycles. The van der Waals surface area contributed by atoms with Gasteiger partial charge in [-0.05, 0) is 35.6 Å². The van der Waals surface area contributed by atoms with Crippen molar-refractivity contribution in [2.45, 2.75) is 40.7 Å². The third-order valence-corrected chi connectivity index (χ3v) is 6.01. The maximum atomic E-state index is 12.8. The number of amides is 1. The molecule has 2 heterocycles. The maximum absolute atomic E-state index is 12.8. The quantitative estimate of drug-likeness (QED) is 0.446. The van der Waals surface area contributed by atoms with Gasteiger partial charge in [0.1, 0.15) is 11.5 Å². The molecule has 35 heavy (non-hydrogen) atoms. The summed E-state index contributed by atoms with van der Waals surface area (Å²) in [4.78, 5) is 15.1. The summed E-state index contributed by atoms with van der Waals surface area (Å²) < 4.78 is 11.1. The van der Waals surface area contributed by atoms with Gasteiger partial charge in [0, 0.05) is 32.2 Å². The van der Waals surface area contributed by atoms with E-state index < -0.39 is 0 Å². The second kappa shape index (κ2) is 11.4. The van der Waals surface area contributed by atoms with Crippen LogP contribution in [0.1, 0.15) is 55.7 Å². The van der Waals surface area contributed by atoms with Crippen molar-refractivity contribution in [3.63, 3.8) is 0 Å². The maximum Gasteiger partial charge on any atom is 0.274 e. The molecule has 3 aromatic rings. The largest absolute Gasteiger partial charge is 0.508 e. The molecule has 1 aliphatic rings. The number of phenols is 2. The molecule has 3 N–H and O–H groups in total. The van der Waals surface area contributed by atoms with Crippen LogP contribution < -0.4 is 5.32 Å². The van der Waals surface area contributed by atoms with Crippen molar-refractivity contribution < 1.29 is 24.3 Å². The Bertz CT molecular complexity index is 1150. The highest BCUT2D eigenvalue weighted by atomic mass is 16.5. The summed E-state index contributed by atoms with van der Waals surface area (Å²) in [5.74, 6) is -0.193. The Morgan fingerprint density at radius 2 is 1.80 bits per heavy atom. The number of hydrogen-bond donors (Lipinski definition) is 3. The van der Waals surface area contributed by atoms with Gasteiger partial charge in [0.05, 0.1) is 24.3 Å². The number of aromatic nitrogens is 1. The van der Waals surface area contributed by atoms with Gasteiger partial charge in [0.2, 0.25) is 0 Å². The Kier molecular flexibility index (Phi) is 8.53. The van der Waals surface area contributed by atoms with Crippen molar-refractivity contribution in [1.29, 1.82) is 0 Å². The van der Waals surface area contributed by atoms with Crippen molar-refractivity contribution in [3.8, 4) is 33.9 Å². The van der Waals surface area contributed by atoms with Crippen LogP contribution in [0, 0.1) is 0 Å². The van der Waals surface area contributed by atoms with E-state index in [0.717, 1.165) is 44.0 Å². The molecule has 2 aromatic carbocycles. The molecule has 8 nitrogen and oxygen atoms in total. The molecule has 0 atom stereocenters. The fourth-order valence-corrected chi connectivity index (χ4v) is 4.17. The van der Waals surface area contributed by atoms with Crippen molar-refractivity contribution in [1.82, 2.24) is 15.4 Å². The number of carbonyl (C=O) groups is 1. The number of morpholine rings is 1. The van der Waals surface area contributed by atoms with Gasteiger partial charge in [-0.25, -0.2) is 0 Å². The van der Waals surface area contributed by atoms with E-state index >= 15 is 0 Å². The Hall–Kier alpha value is -3.36. The summed E-state index contributed by atoms with van der Waals surface area (Å²) in [6, 6.07) is 10.9. The van der Waals surface area contributed by atoms with Gasteiger partial charge in [-0.1, -0.05) is 50.7 Å². The predicted molar refractivity (Wildman–Crippen MR) is 136 cm³/mol. The van der Waals surface area contributed by atoms with Crippen LogP contribution in [0.2, 0.25) is 0 Å². The highest BCUT2D eigenvalue weighted by Crippen LogP contribution is 2.43. The first-order chi connectivity index (χ1) is 16.4. The summed E-state index contributed by atoms with van der Waals surface area (Å²) in [5, 5.41) is 27.7. The van der Waals surface area contributed by atoms with E-state index in [0.29, 0.717) is 23.2 Å². The average Bonchev–Trinajstić information content (AvgIpc) is 3.25. The Labute approximate surface area is 206 Å². The molecule has 0 unspecified atom stereocenters. The lowest BCUT2D eigenvalue weighted by Crippen LogP contribution is -2.35. The molecule has 4 rings (SSSR count). The minimum absolute atomic E-state index is 0. The number of nitrogens with one attached hydrogen (secondary N) is 1. The molecule has 8 heteroatoms. The summed E-state index contributed by atoms with van der Waals surface area (Å²) in [6.45, 7) is 10.3. The highest BCUT2D eigenvalue weighted by molar-refractivity contribution is 6.02. The number of hydrogen-bond acceptors (Lipinski definition) is 7. The number of rotatable bonds is 7. The number of aromatic hydroxyl groups is 2. The zero-order valence-electron chi connectivity index (χ0n) is 19.8. The number of carbonyl (C=O) groups excluding carboxylic acids is 1. The first kappa shape index (κ1) is 26.2. The van der Waals surface area contributed by atoms with Crippen LogP contribution >= 0.6 is 0 Å². The van der Waals surface area contributed by atoms with Crippen LogP contribution in [0.3, 0.4) is 0 Å². The normalized spacial score (nSPS) is 14.1. The minimum atomic E-state index is -0.354. The van der Waals surface area contributed by atoms with Crippen molar-refractivity contribution in [3.05, 3.63) is 53.2 Å². The van der Waals surface area contributed by atoms with E-state index in [-0.39, 0.29) is 42.2 Å². The number of phenolic OH excluding ortho intramolecular Hbond substituents is 2. The molecule has 1 aliphatic heterocycles. The zero-order chi connectivity index (χ0) is 24.2. The second-order valence-corrected chi connectivity index (χ2v) is 8.76.